The number of nitrogens with one attached hydrogen (secondary N) is 1. The van der Waals surface area contributed by atoms with Crippen LogP contribution in [0.5, 0.6) is 6.01 Å². The average molecular weight is 263 g/mol. The zero-order chi connectivity index (χ0) is 13.7. The van der Waals surface area contributed by atoms with Crippen LogP contribution in [-0.2, 0) is 6.42 Å². The van der Waals surface area contributed by atoms with Gasteiger partial charge in [-0.15, -0.1) is 0 Å². The number of nitrogens with two attached hydrogens (primary N) is 1. The normalized spacial score (nSPS) is 10.7. The summed E-state index contributed by atoms with van der Waals surface area (Å²) in [5, 5.41) is 3.06. The van der Waals surface area contributed by atoms with Crippen molar-refractivity contribution in [3.63, 3.8) is 0 Å². The van der Waals surface area contributed by atoms with Crippen molar-refractivity contribution in [2.75, 3.05) is 17.6 Å². The molecule has 0 aromatic carbocycles. The molecule has 2 aromatic heterocycles. The lowest BCUT2D eigenvalue weighted by molar-refractivity contribution is 0.222. The number of furan rings is 1. The fourth-order valence-electron chi connectivity index (χ4n) is 1.47. The predicted octanol–water partition coefficient (Wildman–Crippen LogP) is 1.49. The van der Waals surface area contributed by atoms with Crippen LogP contribution in [0.3, 0.4) is 0 Å². The van der Waals surface area contributed by atoms with Crippen molar-refractivity contribution in [2.24, 2.45) is 0 Å². The molecule has 7 nitrogen and oxygen atoms in total. The number of nitrogen functional groups attached to an aromatic ring is 1. The van der Waals surface area contributed by atoms with Gasteiger partial charge in [0, 0.05) is 13.0 Å². The number of nitrogens with zero attached hydrogens (tertiary/aromatic N) is 3. The number of ether oxygens (including phenoxy) is 1. The minimum atomic E-state index is -0.0160. The van der Waals surface area contributed by atoms with E-state index in [1.165, 1.54) is 0 Å². The molecule has 2 heterocycles. The molecule has 3 N–H and O–H groups in total. The Morgan fingerprint density at radius 2 is 2.21 bits per heavy atom. The van der Waals surface area contributed by atoms with Crippen molar-refractivity contribution < 1.29 is 9.15 Å². The van der Waals surface area contributed by atoms with Crippen molar-refractivity contribution >= 4 is 11.9 Å². The molecule has 2 rings (SSSR count). The lowest BCUT2D eigenvalue weighted by atomic mass is 10.3. The standard InChI is InChI=1S/C12H17N5O2/c1-8(2)19-12-16-10(13)15-11(17-12)14-6-5-9-4-3-7-18-9/h3-4,7-8H,5-6H2,1-2H3,(H3,13,14,15,16,17). The zero-order valence-corrected chi connectivity index (χ0v) is 11.0. The summed E-state index contributed by atoms with van der Waals surface area (Å²) < 4.78 is 10.6. The van der Waals surface area contributed by atoms with Gasteiger partial charge >= 0.3 is 6.01 Å². The highest BCUT2D eigenvalue weighted by Gasteiger charge is 2.07. The monoisotopic (exact) mass is 263 g/mol. The molecule has 0 fully saturated rings. The van der Waals surface area contributed by atoms with Gasteiger partial charge in [-0.1, -0.05) is 0 Å². The number of rotatable bonds is 6. The van der Waals surface area contributed by atoms with E-state index in [0.717, 1.165) is 12.2 Å². The average Bonchev–Trinajstić information content (AvgIpc) is 2.80. The molecule has 0 unspecified atom stereocenters. The fraction of sp³-hybridized carbons (Fsp3) is 0.417. The second-order valence-electron chi connectivity index (χ2n) is 4.22. The molecule has 0 aliphatic carbocycles. The highest BCUT2D eigenvalue weighted by atomic mass is 16.5. The van der Waals surface area contributed by atoms with Crippen molar-refractivity contribution in [3.8, 4) is 6.01 Å². The van der Waals surface area contributed by atoms with Crippen molar-refractivity contribution in [1.82, 2.24) is 15.0 Å². The number of hydrogen-bond donors (Lipinski definition) is 2. The van der Waals surface area contributed by atoms with Crippen LogP contribution in [-0.4, -0.2) is 27.6 Å². The van der Waals surface area contributed by atoms with Crippen molar-refractivity contribution in [3.05, 3.63) is 24.2 Å². The Hall–Kier alpha value is -2.31. The lowest BCUT2D eigenvalue weighted by Gasteiger charge is -2.09. The van der Waals surface area contributed by atoms with Gasteiger partial charge in [-0.2, -0.15) is 15.0 Å². The summed E-state index contributed by atoms with van der Waals surface area (Å²) in [5.41, 5.74) is 5.60. The van der Waals surface area contributed by atoms with Gasteiger partial charge in [-0.05, 0) is 26.0 Å². The van der Waals surface area contributed by atoms with Gasteiger partial charge in [0.15, 0.2) is 0 Å². The quantitative estimate of drug-likeness (QED) is 0.814. The summed E-state index contributed by atoms with van der Waals surface area (Å²) in [4.78, 5) is 12.0. The molecule has 2 aromatic rings. The molecule has 0 saturated heterocycles. The van der Waals surface area contributed by atoms with Crippen LogP contribution >= 0.6 is 0 Å². The van der Waals surface area contributed by atoms with Gasteiger partial charge in [0.05, 0.1) is 12.4 Å². The second-order valence-corrected chi connectivity index (χ2v) is 4.22. The van der Waals surface area contributed by atoms with E-state index in [1.54, 1.807) is 6.26 Å². The van der Waals surface area contributed by atoms with Gasteiger partial charge in [-0.3, -0.25) is 0 Å². The molecule has 0 aliphatic rings. The number of aromatic nitrogens is 3. The molecular formula is C12H17N5O2. The first-order chi connectivity index (χ1) is 9.13. The molecule has 0 atom stereocenters. The van der Waals surface area contributed by atoms with Gasteiger partial charge < -0.3 is 20.2 Å². The molecule has 0 aliphatic heterocycles. The van der Waals surface area contributed by atoms with E-state index < -0.39 is 0 Å². The maximum absolute atomic E-state index is 5.60. The van der Waals surface area contributed by atoms with Gasteiger partial charge in [0.1, 0.15) is 5.76 Å². The topological polar surface area (TPSA) is 99.1 Å². The van der Waals surface area contributed by atoms with Crippen LogP contribution in [0.4, 0.5) is 11.9 Å². The van der Waals surface area contributed by atoms with E-state index in [4.69, 9.17) is 14.9 Å². The van der Waals surface area contributed by atoms with Crippen LogP contribution in [0.1, 0.15) is 19.6 Å². The van der Waals surface area contributed by atoms with E-state index >= 15 is 0 Å². The van der Waals surface area contributed by atoms with Gasteiger partial charge in [0.2, 0.25) is 11.9 Å². The van der Waals surface area contributed by atoms with Crippen molar-refractivity contribution in [1.29, 1.82) is 0 Å². The first kappa shape index (κ1) is 13.1. The smallest absolute Gasteiger partial charge is 0.323 e. The summed E-state index contributed by atoms with van der Waals surface area (Å²) in [6, 6.07) is 3.99. The summed E-state index contributed by atoms with van der Waals surface area (Å²) in [7, 11) is 0. The molecular weight excluding hydrogens is 246 g/mol. The fourth-order valence-corrected chi connectivity index (χ4v) is 1.47. The molecule has 7 heteroatoms. The predicted molar refractivity (Wildman–Crippen MR) is 70.9 cm³/mol. The van der Waals surface area contributed by atoms with E-state index in [0.29, 0.717) is 12.5 Å². The number of hydrogen-bond acceptors (Lipinski definition) is 7. The van der Waals surface area contributed by atoms with E-state index in [9.17, 15) is 0 Å². The zero-order valence-electron chi connectivity index (χ0n) is 11.0. The van der Waals surface area contributed by atoms with Crippen LogP contribution in [0.15, 0.2) is 22.8 Å². The van der Waals surface area contributed by atoms with Crippen LogP contribution in [0.25, 0.3) is 0 Å². The highest BCUT2D eigenvalue weighted by Crippen LogP contribution is 2.10. The van der Waals surface area contributed by atoms with Gasteiger partial charge in [0.25, 0.3) is 0 Å². The Kier molecular flexibility index (Phi) is 4.17. The highest BCUT2D eigenvalue weighted by molar-refractivity contribution is 5.32. The summed E-state index contributed by atoms with van der Waals surface area (Å²) in [6.45, 7) is 4.42. The van der Waals surface area contributed by atoms with Crippen LogP contribution in [0.2, 0.25) is 0 Å². The third-order valence-corrected chi connectivity index (χ3v) is 2.21. The second kappa shape index (κ2) is 6.03. The number of anilines is 2. The Bertz CT molecular complexity index is 513. The third kappa shape index (κ3) is 4.13. The Morgan fingerprint density at radius 3 is 2.89 bits per heavy atom. The molecule has 0 spiro atoms. The largest absolute Gasteiger partial charge is 0.469 e. The molecule has 19 heavy (non-hydrogen) atoms. The summed E-state index contributed by atoms with van der Waals surface area (Å²) in [6.07, 6.45) is 2.36. The van der Waals surface area contributed by atoms with E-state index in [-0.39, 0.29) is 18.1 Å². The van der Waals surface area contributed by atoms with E-state index in [1.807, 2.05) is 26.0 Å². The Labute approximate surface area is 111 Å². The molecule has 0 saturated carbocycles. The minimum Gasteiger partial charge on any atom is -0.469 e. The maximum atomic E-state index is 5.60. The molecule has 102 valence electrons. The SMILES string of the molecule is CC(C)Oc1nc(N)nc(NCCc2ccco2)n1. The first-order valence-electron chi connectivity index (χ1n) is 6.08. The van der Waals surface area contributed by atoms with Crippen LogP contribution in [0, 0.1) is 0 Å². The maximum Gasteiger partial charge on any atom is 0.323 e. The van der Waals surface area contributed by atoms with Crippen LogP contribution < -0.4 is 15.8 Å². The van der Waals surface area contributed by atoms with Crippen molar-refractivity contribution in [2.45, 2.75) is 26.4 Å². The first-order valence-corrected chi connectivity index (χ1v) is 6.08. The molecule has 0 amide bonds. The molecule has 0 bridgehead atoms. The van der Waals surface area contributed by atoms with Gasteiger partial charge in [-0.25, -0.2) is 0 Å². The Balaban J connectivity index is 1.93. The lowest BCUT2D eigenvalue weighted by Crippen LogP contribution is -2.14. The summed E-state index contributed by atoms with van der Waals surface area (Å²) in [5.74, 6) is 1.43. The Morgan fingerprint density at radius 1 is 1.37 bits per heavy atom. The van der Waals surface area contributed by atoms with E-state index in [2.05, 4.69) is 20.3 Å². The molecule has 0 radical (unpaired) electrons. The third-order valence-electron chi connectivity index (χ3n) is 2.21. The minimum absolute atomic E-state index is 0.0160. The summed E-state index contributed by atoms with van der Waals surface area (Å²) >= 11 is 0.